The fourth-order valence-corrected chi connectivity index (χ4v) is 2.89. The van der Waals surface area contributed by atoms with Gasteiger partial charge in [-0.2, -0.15) is 8.78 Å². The molecule has 0 unspecified atom stereocenters. The number of amides is 1. The summed E-state index contributed by atoms with van der Waals surface area (Å²) in [5.41, 5.74) is 1.87. The van der Waals surface area contributed by atoms with Crippen LogP contribution < -0.4 is 5.32 Å². The van der Waals surface area contributed by atoms with Crippen LogP contribution in [0.2, 0.25) is 0 Å². The van der Waals surface area contributed by atoms with E-state index in [4.69, 9.17) is 0 Å². The molecule has 0 radical (unpaired) electrons. The van der Waals surface area contributed by atoms with Crippen molar-refractivity contribution in [2.75, 3.05) is 5.32 Å². The minimum absolute atomic E-state index is 0.355. The van der Waals surface area contributed by atoms with Gasteiger partial charge in [-0.25, -0.2) is 0 Å². The lowest BCUT2D eigenvalue weighted by atomic mass is 9.86. The molecule has 3 aromatic carbocycles. The van der Waals surface area contributed by atoms with Crippen LogP contribution in [0.4, 0.5) is 14.5 Å². The van der Waals surface area contributed by atoms with Crippen LogP contribution in [-0.2, 0) is 4.79 Å². The van der Waals surface area contributed by atoms with E-state index in [0.717, 1.165) is 11.1 Å². The Morgan fingerprint density at radius 3 is 1.65 bits per heavy atom. The highest BCUT2D eigenvalue weighted by molar-refractivity contribution is 5.96. The first kappa shape index (κ1) is 17.8. The highest BCUT2D eigenvalue weighted by Gasteiger charge is 2.41. The van der Waals surface area contributed by atoms with E-state index < -0.39 is 24.2 Å². The molecule has 0 aromatic heterocycles. The maximum atomic E-state index is 14.7. The van der Waals surface area contributed by atoms with Crippen LogP contribution in [0, 0.1) is 0 Å². The quantitative estimate of drug-likeness (QED) is 0.626. The molecule has 1 amide bonds. The van der Waals surface area contributed by atoms with Crippen LogP contribution in [0.25, 0.3) is 0 Å². The summed E-state index contributed by atoms with van der Waals surface area (Å²) >= 11 is 0. The maximum absolute atomic E-state index is 14.7. The van der Waals surface area contributed by atoms with E-state index in [0.29, 0.717) is 5.69 Å². The summed E-state index contributed by atoms with van der Waals surface area (Å²) in [6, 6.07) is 26.5. The van der Waals surface area contributed by atoms with Crippen molar-refractivity contribution in [3.63, 3.8) is 0 Å². The number of halogens is 2. The van der Waals surface area contributed by atoms with E-state index in [1.165, 1.54) is 0 Å². The molecule has 132 valence electrons. The predicted molar refractivity (Wildman–Crippen MR) is 99.4 cm³/mol. The monoisotopic (exact) mass is 351 g/mol. The van der Waals surface area contributed by atoms with Crippen LogP contribution in [-0.4, -0.2) is 11.8 Å². The van der Waals surface area contributed by atoms with Crippen molar-refractivity contribution in [2.24, 2.45) is 0 Å². The number of nitrogens with one attached hydrogen (secondary N) is 1. The van der Waals surface area contributed by atoms with E-state index in [2.05, 4.69) is 5.32 Å². The zero-order chi connectivity index (χ0) is 18.4. The third kappa shape index (κ3) is 4.33. The van der Waals surface area contributed by atoms with Gasteiger partial charge in [-0.05, 0) is 23.3 Å². The van der Waals surface area contributed by atoms with Crippen molar-refractivity contribution >= 4 is 11.6 Å². The van der Waals surface area contributed by atoms with Crippen molar-refractivity contribution in [3.8, 4) is 0 Å². The normalized spacial score (nSPS) is 11.3. The third-order valence-electron chi connectivity index (χ3n) is 4.23. The second kappa shape index (κ2) is 7.91. The van der Waals surface area contributed by atoms with Gasteiger partial charge in [0.15, 0.2) is 0 Å². The van der Waals surface area contributed by atoms with Crippen LogP contribution >= 0.6 is 0 Å². The molecule has 0 aliphatic carbocycles. The van der Waals surface area contributed by atoms with Crippen LogP contribution in [0.3, 0.4) is 0 Å². The van der Waals surface area contributed by atoms with E-state index in [9.17, 15) is 13.6 Å². The molecule has 1 N–H and O–H groups in total. The van der Waals surface area contributed by atoms with Crippen molar-refractivity contribution in [1.82, 2.24) is 0 Å². The topological polar surface area (TPSA) is 29.1 Å². The summed E-state index contributed by atoms with van der Waals surface area (Å²) in [4.78, 5) is 12.2. The van der Waals surface area contributed by atoms with E-state index in [1.54, 1.807) is 30.3 Å². The Bertz CT molecular complexity index is 796. The zero-order valence-corrected chi connectivity index (χ0v) is 14.1. The molecule has 0 heterocycles. The molecular weight excluding hydrogens is 332 g/mol. The Hall–Kier alpha value is -3.01. The molecule has 2 nitrogen and oxygen atoms in total. The lowest BCUT2D eigenvalue weighted by Gasteiger charge is -2.24. The largest absolute Gasteiger partial charge is 0.325 e. The zero-order valence-electron chi connectivity index (χ0n) is 14.1. The average Bonchev–Trinajstić information content (AvgIpc) is 2.68. The van der Waals surface area contributed by atoms with Gasteiger partial charge in [0.25, 0.3) is 5.91 Å². The van der Waals surface area contributed by atoms with Crippen LogP contribution in [0.15, 0.2) is 91.0 Å². The number of para-hydroxylation sites is 1. The van der Waals surface area contributed by atoms with E-state index in [1.807, 2.05) is 60.7 Å². The predicted octanol–water partition coefficient (Wildman–Crippen LogP) is 5.48. The number of carbonyl (C=O) groups is 1. The van der Waals surface area contributed by atoms with E-state index >= 15 is 0 Å². The first-order valence-electron chi connectivity index (χ1n) is 8.40. The van der Waals surface area contributed by atoms with Gasteiger partial charge >= 0.3 is 5.92 Å². The van der Waals surface area contributed by atoms with Crippen molar-refractivity contribution in [2.45, 2.75) is 18.3 Å². The molecule has 0 fully saturated rings. The van der Waals surface area contributed by atoms with Crippen molar-refractivity contribution < 1.29 is 13.6 Å². The van der Waals surface area contributed by atoms with Crippen LogP contribution in [0.1, 0.15) is 23.5 Å². The standard InChI is InChI=1S/C22H19F2NO/c23-22(24,21(26)25-19-14-8-3-9-15-19)16-20(17-10-4-1-5-11-17)18-12-6-2-7-13-18/h1-15,20H,16H2,(H,25,26). The molecule has 3 rings (SSSR count). The second-order valence-corrected chi connectivity index (χ2v) is 6.10. The van der Waals surface area contributed by atoms with Gasteiger partial charge in [0, 0.05) is 18.0 Å². The number of carbonyl (C=O) groups excluding carboxylic acids is 1. The summed E-state index contributed by atoms with van der Waals surface area (Å²) in [5.74, 6) is -5.37. The smallest absolute Gasteiger partial charge is 0.321 e. The summed E-state index contributed by atoms with van der Waals surface area (Å²) in [6.45, 7) is 0. The summed E-state index contributed by atoms with van der Waals surface area (Å²) in [5, 5.41) is 2.30. The number of rotatable bonds is 6. The van der Waals surface area contributed by atoms with Gasteiger partial charge in [0.05, 0.1) is 0 Å². The van der Waals surface area contributed by atoms with Crippen molar-refractivity contribution in [3.05, 3.63) is 102 Å². The van der Waals surface area contributed by atoms with Gasteiger partial charge in [0.2, 0.25) is 0 Å². The summed E-state index contributed by atoms with van der Waals surface area (Å²) < 4.78 is 29.4. The van der Waals surface area contributed by atoms with Crippen molar-refractivity contribution in [1.29, 1.82) is 0 Å². The Morgan fingerprint density at radius 2 is 1.19 bits per heavy atom. The SMILES string of the molecule is O=C(Nc1ccccc1)C(F)(F)CC(c1ccccc1)c1ccccc1. The second-order valence-electron chi connectivity index (χ2n) is 6.10. The maximum Gasteiger partial charge on any atom is 0.325 e. The van der Waals surface area contributed by atoms with Gasteiger partial charge in [0.1, 0.15) is 0 Å². The average molecular weight is 351 g/mol. The number of hydrogen-bond donors (Lipinski definition) is 1. The molecule has 0 spiro atoms. The number of alkyl halides is 2. The lowest BCUT2D eigenvalue weighted by molar-refractivity contribution is -0.140. The molecule has 0 atom stereocenters. The number of anilines is 1. The lowest BCUT2D eigenvalue weighted by Crippen LogP contribution is -2.36. The Kier molecular flexibility index (Phi) is 5.42. The molecule has 4 heteroatoms. The van der Waals surface area contributed by atoms with Gasteiger partial charge in [-0.15, -0.1) is 0 Å². The Labute approximate surface area is 151 Å². The third-order valence-corrected chi connectivity index (χ3v) is 4.23. The van der Waals surface area contributed by atoms with E-state index in [-0.39, 0.29) is 0 Å². The van der Waals surface area contributed by atoms with Crippen LogP contribution in [0.5, 0.6) is 0 Å². The molecule has 3 aromatic rings. The molecule has 0 aliphatic rings. The Morgan fingerprint density at radius 1 is 0.769 bits per heavy atom. The molecule has 26 heavy (non-hydrogen) atoms. The molecular formula is C22H19F2NO. The summed E-state index contributed by atoms with van der Waals surface area (Å²) in [6.07, 6.45) is -0.598. The first-order chi connectivity index (χ1) is 12.6. The first-order valence-corrected chi connectivity index (χ1v) is 8.40. The van der Waals surface area contributed by atoms with Gasteiger partial charge < -0.3 is 5.32 Å². The fraction of sp³-hybridized carbons (Fsp3) is 0.136. The molecule has 0 bridgehead atoms. The molecule has 0 saturated heterocycles. The van der Waals surface area contributed by atoms with Gasteiger partial charge in [-0.1, -0.05) is 78.9 Å². The number of benzene rings is 3. The molecule has 0 saturated carbocycles. The minimum atomic E-state index is -3.51. The fourth-order valence-electron chi connectivity index (χ4n) is 2.89. The van der Waals surface area contributed by atoms with Gasteiger partial charge in [-0.3, -0.25) is 4.79 Å². The molecule has 0 aliphatic heterocycles. The summed E-state index contributed by atoms with van der Waals surface area (Å²) in [7, 11) is 0. The highest BCUT2D eigenvalue weighted by Crippen LogP contribution is 2.36. The number of hydrogen-bond acceptors (Lipinski definition) is 1. The highest BCUT2D eigenvalue weighted by atomic mass is 19.3. The Balaban J connectivity index is 1.84. The minimum Gasteiger partial charge on any atom is -0.321 e.